The third-order valence-corrected chi connectivity index (χ3v) is 4.33. The predicted molar refractivity (Wildman–Crippen MR) is 85.3 cm³/mol. The minimum atomic E-state index is -3.58. The molecule has 0 spiro atoms. The monoisotopic (exact) mass is 365 g/mol. The quantitative estimate of drug-likeness (QED) is 0.710. The van der Waals surface area contributed by atoms with Gasteiger partial charge in [-0.15, -0.1) is 0 Å². The van der Waals surface area contributed by atoms with Crippen LogP contribution in [0, 0.1) is 12.7 Å². The molecule has 0 aliphatic heterocycles. The van der Waals surface area contributed by atoms with Gasteiger partial charge >= 0.3 is 6.09 Å². The first kappa shape index (κ1) is 16.8. The molecule has 0 aliphatic rings. The molecular formula is C15H12FN3O5S. The Hall–Kier alpha value is -3.01. The predicted octanol–water partition coefficient (Wildman–Crippen LogP) is 2.60. The summed E-state index contributed by atoms with van der Waals surface area (Å²) < 4.78 is 44.0. The molecule has 2 heterocycles. The standard InChI is InChI=1S/C15H12FN3O5S/c1-8-17-12(7-13(18-8)25(2,22)23)24-11-4-3-10-9(14(11)16)5-6-19(10)15(20)21/h3-7H,1-2H3,(H,20,21). The molecule has 0 atom stereocenters. The number of rotatable bonds is 3. The van der Waals surface area contributed by atoms with E-state index < -0.39 is 21.7 Å². The lowest BCUT2D eigenvalue weighted by Gasteiger charge is -2.09. The summed E-state index contributed by atoms with van der Waals surface area (Å²) >= 11 is 0. The number of hydrogen-bond donors (Lipinski definition) is 1. The fraction of sp³-hybridized carbons (Fsp3) is 0.133. The maximum atomic E-state index is 14.6. The zero-order valence-corrected chi connectivity index (χ0v) is 13.9. The summed E-state index contributed by atoms with van der Waals surface area (Å²) in [7, 11) is -3.58. The zero-order chi connectivity index (χ0) is 18.4. The van der Waals surface area contributed by atoms with Crippen molar-refractivity contribution in [2.45, 2.75) is 11.9 Å². The van der Waals surface area contributed by atoms with Crippen LogP contribution in [0.4, 0.5) is 9.18 Å². The summed E-state index contributed by atoms with van der Waals surface area (Å²) in [6, 6.07) is 5.02. The van der Waals surface area contributed by atoms with E-state index in [1.807, 2.05) is 0 Å². The van der Waals surface area contributed by atoms with Gasteiger partial charge in [0.1, 0.15) is 5.82 Å². The Morgan fingerprint density at radius 2 is 2.00 bits per heavy atom. The van der Waals surface area contributed by atoms with E-state index in [9.17, 15) is 17.6 Å². The second kappa shape index (κ2) is 5.81. The fourth-order valence-electron chi connectivity index (χ4n) is 2.28. The Bertz CT molecular complexity index is 1110. The minimum absolute atomic E-state index is 0.0500. The van der Waals surface area contributed by atoms with Crippen molar-refractivity contribution < 1.29 is 27.4 Å². The van der Waals surface area contributed by atoms with E-state index in [0.717, 1.165) is 16.9 Å². The number of aryl methyl sites for hydroxylation is 1. The van der Waals surface area contributed by atoms with E-state index in [4.69, 9.17) is 9.84 Å². The van der Waals surface area contributed by atoms with Crippen LogP contribution in [0.2, 0.25) is 0 Å². The van der Waals surface area contributed by atoms with E-state index in [1.165, 1.54) is 31.3 Å². The lowest BCUT2D eigenvalue weighted by Crippen LogP contribution is -2.06. The molecule has 0 radical (unpaired) electrons. The third-order valence-electron chi connectivity index (χ3n) is 3.36. The van der Waals surface area contributed by atoms with Gasteiger partial charge in [-0.2, -0.15) is 4.98 Å². The van der Waals surface area contributed by atoms with Crippen LogP contribution in [0.5, 0.6) is 11.6 Å². The molecule has 8 nitrogen and oxygen atoms in total. The molecule has 25 heavy (non-hydrogen) atoms. The van der Waals surface area contributed by atoms with Gasteiger partial charge in [0.05, 0.1) is 5.52 Å². The summed E-state index contributed by atoms with van der Waals surface area (Å²) in [6.07, 6.45) is 0.961. The molecule has 0 unspecified atom stereocenters. The van der Waals surface area contributed by atoms with Crippen molar-refractivity contribution in [3.8, 4) is 11.6 Å². The molecule has 0 saturated heterocycles. The van der Waals surface area contributed by atoms with Crippen molar-refractivity contribution in [3.63, 3.8) is 0 Å². The topological polar surface area (TPSA) is 111 Å². The van der Waals surface area contributed by atoms with E-state index in [0.29, 0.717) is 0 Å². The van der Waals surface area contributed by atoms with Crippen LogP contribution in [0.25, 0.3) is 10.9 Å². The van der Waals surface area contributed by atoms with Crippen molar-refractivity contribution >= 4 is 26.8 Å². The van der Waals surface area contributed by atoms with Crippen molar-refractivity contribution in [1.29, 1.82) is 0 Å². The Morgan fingerprint density at radius 3 is 2.64 bits per heavy atom. The number of carbonyl (C=O) groups is 1. The lowest BCUT2D eigenvalue weighted by molar-refractivity contribution is 0.197. The average Bonchev–Trinajstić information content (AvgIpc) is 2.93. The van der Waals surface area contributed by atoms with Crippen LogP contribution >= 0.6 is 0 Å². The molecule has 1 aromatic carbocycles. The third kappa shape index (κ3) is 3.15. The van der Waals surface area contributed by atoms with Gasteiger partial charge in [0.2, 0.25) is 5.88 Å². The molecule has 3 aromatic rings. The smallest absolute Gasteiger partial charge is 0.416 e. The van der Waals surface area contributed by atoms with Gasteiger partial charge in [-0.3, -0.25) is 4.57 Å². The van der Waals surface area contributed by atoms with Gasteiger partial charge in [-0.25, -0.2) is 22.6 Å². The van der Waals surface area contributed by atoms with Gasteiger partial charge in [0.15, 0.2) is 26.4 Å². The molecule has 130 valence electrons. The lowest BCUT2D eigenvalue weighted by atomic mass is 10.2. The van der Waals surface area contributed by atoms with Crippen LogP contribution in [0.15, 0.2) is 35.5 Å². The number of aromatic nitrogens is 3. The second-order valence-electron chi connectivity index (χ2n) is 5.24. The second-order valence-corrected chi connectivity index (χ2v) is 7.21. The first-order valence-corrected chi connectivity index (χ1v) is 8.82. The van der Waals surface area contributed by atoms with Crippen molar-refractivity contribution in [1.82, 2.24) is 14.5 Å². The average molecular weight is 365 g/mol. The Labute approximate surface area is 141 Å². The SMILES string of the molecule is Cc1nc(Oc2ccc3c(ccn3C(=O)O)c2F)cc(S(C)(=O)=O)n1. The largest absolute Gasteiger partial charge is 0.464 e. The first-order chi connectivity index (χ1) is 11.7. The van der Waals surface area contributed by atoms with Crippen molar-refractivity contribution in [2.75, 3.05) is 6.26 Å². The number of sulfone groups is 1. The van der Waals surface area contributed by atoms with E-state index in [1.54, 1.807) is 0 Å². The van der Waals surface area contributed by atoms with Crippen molar-refractivity contribution in [2.24, 2.45) is 0 Å². The van der Waals surface area contributed by atoms with E-state index in [2.05, 4.69) is 9.97 Å². The number of hydrogen-bond acceptors (Lipinski definition) is 6. The molecule has 1 N–H and O–H groups in total. The summed E-state index contributed by atoms with van der Waals surface area (Å²) in [4.78, 5) is 18.8. The Morgan fingerprint density at radius 1 is 1.28 bits per heavy atom. The normalized spacial score (nSPS) is 11.6. The molecule has 2 aromatic heterocycles. The maximum absolute atomic E-state index is 14.6. The fourth-order valence-corrected chi connectivity index (χ4v) is 2.89. The summed E-state index contributed by atoms with van der Waals surface area (Å²) in [6.45, 7) is 1.48. The number of nitrogens with zero attached hydrogens (tertiary/aromatic N) is 3. The molecular weight excluding hydrogens is 353 g/mol. The Balaban J connectivity index is 2.06. The number of ether oxygens (including phenoxy) is 1. The number of carboxylic acid groups (broad SMARTS) is 1. The zero-order valence-electron chi connectivity index (χ0n) is 13.1. The highest BCUT2D eigenvalue weighted by atomic mass is 32.2. The van der Waals surface area contributed by atoms with Gasteiger partial charge in [-0.1, -0.05) is 0 Å². The van der Waals surface area contributed by atoms with Gasteiger partial charge in [-0.05, 0) is 25.1 Å². The van der Waals surface area contributed by atoms with Gasteiger partial charge < -0.3 is 9.84 Å². The molecule has 0 bridgehead atoms. The summed E-state index contributed by atoms with van der Waals surface area (Å²) in [5, 5.41) is 8.85. The van der Waals surface area contributed by atoms with Gasteiger partial charge in [0.25, 0.3) is 0 Å². The van der Waals surface area contributed by atoms with E-state index >= 15 is 0 Å². The molecule has 0 aliphatic carbocycles. The van der Waals surface area contributed by atoms with Crippen LogP contribution in [-0.4, -0.2) is 40.4 Å². The molecule has 10 heteroatoms. The Kier molecular flexibility index (Phi) is 3.91. The van der Waals surface area contributed by atoms with Crippen LogP contribution < -0.4 is 4.74 Å². The summed E-state index contributed by atoms with van der Waals surface area (Å²) in [5.41, 5.74) is 0.160. The molecule has 3 rings (SSSR count). The van der Waals surface area contributed by atoms with Crippen molar-refractivity contribution in [3.05, 3.63) is 42.1 Å². The highest BCUT2D eigenvalue weighted by Crippen LogP contribution is 2.30. The van der Waals surface area contributed by atoms with E-state index in [-0.39, 0.29) is 33.4 Å². The molecule has 0 saturated carbocycles. The highest BCUT2D eigenvalue weighted by Gasteiger charge is 2.17. The maximum Gasteiger partial charge on any atom is 0.416 e. The minimum Gasteiger partial charge on any atom is -0.464 e. The number of halogens is 1. The van der Waals surface area contributed by atoms with Crippen LogP contribution in [0.3, 0.4) is 0 Å². The number of benzene rings is 1. The van der Waals surface area contributed by atoms with Crippen LogP contribution in [-0.2, 0) is 9.84 Å². The first-order valence-electron chi connectivity index (χ1n) is 6.93. The van der Waals surface area contributed by atoms with Gasteiger partial charge in [0, 0.05) is 23.9 Å². The molecule has 0 fully saturated rings. The van der Waals surface area contributed by atoms with Crippen LogP contribution in [0.1, 0.15) is 5.82 Å². The molecule has 0 amide bonds. The number of fused-ring (bicyclic) bond motifs is 1. The summed E-state index contributed by atoms with van der Waals surface area (Å²) in [5.74, 6) is -0.983. The highest BCUT2D eigenvalue weighted by molar-refractivity contribution is 7.90.